The molecule has 0 saturated heterocycles. The van der Waals surface area contributed by atoms with E-state index in [1.807, 2.05) is 0 Å². The maximum atomic E-state index is 11.4. The van der Waals surface area contributed by atoms with Crippen LogP contribution in [-0.2, 0) is 11.2 Å². The molecule has 0 radical (unpaired) electrons. The number of carbonyl (C=O) groups is 1. The summed E-state index contributed by atoms with van der Waals surface area (Å²) in [6.07, 6.45) is -0.954. The summed E-state index contributed by atoms with van der Waals surface area (Å²) in [4.78, 5) is 14.9. The molecule has 0 bridgehead atoms. The van der Waals surface area contributed by atoms with E-state index in [2.05, 4.69) is 4.99 Å². The van der Waals surface area contributed by atoms with E-state index in [4.69, 9.17) is 0 Å². The van der Waals surface area contributed by atoms with Crippen molar-refractivity contribution in [2.24, 2.45) is 4.99 Å². The van der Waals surface area contributed by atoms with Crippen molar-refractivity contribution in [1.29, 1.82) is 0 Å². The van der Waals surface area contributed by atoms with Gasteiger partial charge in [-0.2, -0.15) is 0 Å². The van der Waals surface area contributed by atoms with Crippen LogP contribution in [0.4, 0.5) is 0 Å². The second-order valence-electron chi connectivity index (χ2n) is 5.35. The topological polar surface area (TPSA) is 151 Å². The first kappa shape index (κ1) is 18.2. The van der Waals surface area contributed by atoms with Gasteiger partial charge >= 0.3 is 5.97 Å². The summed E-state index contributed by atoms with van der Waals surface area (Å²) in [7, 11) is 0. The lowest BCUT2D eigenvalue weighted by atomic mass is 9.99. The first-order valence-corrected chi connectivity index (χ1v) is 7.21. The molecule has 1 unspecified atom stereocenters. The van der Waals surface area contributed by atoms with E-state index in [0.717, 1.165) is 6.21 Å². The molecule has 0 amide bonds. The van der Waals surface area contributed by atoms with Crippen LogP contribution in [0.5, 0.6) is 17.2 Å². The van der Waals surface area contributed by atoms with Crippen LogP contribution in [0.15, 0.2) is 47.5 Å². The number of aliphatic hydroxyl groups excluding tert-OH is 1. The Morgan fingerprint density at radius 1 is 1.08 bits per heavy atom. The Hall–Kier alpha value is -3.10. The maximum absolute atomic E-state index is 11.4. The first-order chi connectivity index (χ1) is 11.7. The molecular formula is C17H17NO7. The first-order valence-electron chi connectivity index (χ1n) is 7.21. The van der Waals surface area contributed by atoms with Gasteiger partial charge in [0, 0.05) is 18.2 Å². The van der Waals surface area contributed by atoms with E-state index in [0.29, 0.717) is 0 Å². The smallest absolute Gasteiger partial charge is 0.362 e. The van der Waals surface area contributed by atoms with Crippen LogP contribution in [0.3, 0.4) is 0 Å². The van der Waals surface area contributed by atoms with Crippen LogP contribution in [0.25, 0.3) is 0 Å². The predicted octanol–water partition coefficient (Wildman–Crippen LogP) is 0.923. The number of benzene rings is 2. The Bertz CT molecular complexity index is 788. The van der Waals surface area contributed by atoms with Gasteiger partial charge in [-0.1, -0.05) is 12.1 Å². The zero-order valence-electron chi connectivity index (χ0n) is 12.9. The van der Waals surface area contributed by atoms with Crippen molar-refractivity contribution in [3.63, 3.8) is 0 Å². The lowest BCUT2D eigenvalue weighted by Gasteiger charge is -2.25. The van der Waals surface area contributed by atoms with E-state index in [-0.39, 0.29) is 34.8 Å². The average Bonchev–Trinajstić information content (AvgIpc) is 2.57. The largest absolute Gasteiger partial charge is 0.508 e. The summed E-state index contributed by atoms with van der Waals surface area (Å²) in [6, 6.07) is 8.77. The Labute approximate surface area is 142 Å². The molecule has 6 N–H and O–H groups in total. The Morgan fingerprint density at radius 3 is 2.28 bits per heavy atom. The summed E-state index contributed by atoms with van der Waals surface area (Å²) in [6.45, 7) is 0. The zero-order chi connectivity index (χ0) is 18.6. The number of nitrogens with zero attached hydrogens (tertiary/aromatic N) is 1. The van der Waals surface area contributed by atoms with E-state index < -0.39 is 17.8 Å². The van der Waals surface area contributed by atoms with Gasteiger partial charge in [-0.3, -0.25) is 0 Å². The molecule has 132 valence electrons. The van der Waals surface area contributed by atoms with Crippen molar-refractivity contribution in [2.75, 3.05) is 0 Å². The Morgan fingerprint density at radius 2 is 1.68 bits per heavy atom. The molecule has 2 rings (SSSR count). The minimum atomic E-state index is -2.86. The number of aromatic hydroxyl groups is 3. The summed E-state index contributed by atoms with van der Waals surface area (Å²) < 4.78 is 0. The van der Waals surface area contributed by atoms with Crippen molar-refractivity contribution >= 4 is 12.2 Å². The molecule has 8 heteroatoms. The number of hydrogen-bond acceptors (Lipinski definition) is 7. The third-order valence-corrected chi connectivity index (χ3v) is 3.57. The molecule has 0 fully saturated rings. The third kappa shape index (κ3) is 4.06. The summed E-state index contributed by atoms with van der Waals surface area (Å²) in [5, 5.41) is 58.0. The molecule has 0 aromatic heterocycles. The van der Waals surface area contributed by atoms with Gasteiger partial charge in [-0.05, 0) is 35.9 Å². The van der Waals surface area contributed by atoms with Crippen molar-refractivity contribution < 1.29 is 35.4 Å². The van der Waals surface area contributed by atoms with Crippen LogP contribution in [-0.4, -0.2) is 48.5 Å². The fourth-order valence-corrected chi connectivity index (χ4v) is 2.15. The molecular weight excluding hydrogens is 330 g/mol. The van der Waals surface area contributed by atoms with Gasteiger partial charge in [0.25, 0.3) is 5.72 Å². The molecule has 0 aliphatic carbocycles. The van der Waals surface area contributed by atoms with E-state index in [1.54, 1.807) is 0 Å². The van der Waals surface area contributed by atoms with Crippen molar-refractivity contribution in [3.05, 3.63) is 53.6 Å². The van der Waals surface area contributed by atoms with Crippen LogP contribution in [0, 0.1) is 0 Å². The van der Waals surface area contributed by atoms with Gasteiger partial charge in [0.2, 0.25) is 0 Å². The second-order valence-corrected chi connectivity index (χ2v) is 5.35. The lowest BCUT2D eigenvalue weighted by Crippen LogP contribution is -2.43. The standard InChI is InChI=1S/C17H17NO7/c19-12-3-1-10(2-4-12)15(22)17(25,16(23)24)18-8-7-11-9-13(20)5-6-14(11)21/h1-6,8-9,15,19-22,25H,7H2,(H,23,24)/t15?,17-/m1/s1. The van der Waals surface area contributed by atoms with Gasteiger partial charge in [0.05, 0.1) is 0 Å². The Kier molecular flexibility index (Phi) is 5.26. The van der Waals surface area contributed by atoms with E-state index >= 15 is 0 Å². The van der Waals surface area contributed by atoms with Crippen molar-refractivity contribution in [1.82, 2.24) is 0 Å². The van der Waals surface area contributed by atoms with Gasteiger partial charge in [-0.25, -0.2) is 9.79 Å². The highest BCUT2D eigenvalue weighted by molar-refractivity contribution is 5.80. The molecule has 25 heavy (non-hydrogen) atoms. The van der Waals surface area contributed by atoms with Crippen LogP contribution >= 0.6 is 0 Å². The fraction of sp³-hybridized carbons (Fsp3) is 0.176. The highest BCUT2D eigenvalue weighted by Crippen LogP contribution is 2.29. The molecule has 2 aromatic rings. The van der Waals surface area contributed by atoms with Crippen LogP contribution in [0.2, 0.25) is 0 Å². The normalized spacial score (nSPS) is 15.0. The molecule has 0 aliphatic heterocycles. The van der Waals surface area contributed by atoms with Gasteiger partial charge < -0.3 is 30.6 Å². The van der Waals surface area contributed by atoms with Gasteiger partial charge in [0.15, 0.2) is 0 Å². The second kappa shape index (κ2) is 7.20. The number of aliphatic imine (C=N–C) groups is 1. The quantitative estimate of drug-likeness (QED) is 0.336. The van der Waals surface area contributed by atoms with E-state index in [9.17, 15) is 35.4 Å². The number of carboxylic acid groups (broad SMARTS) is 1. The number of phenolic OH excluding ortho intramolecular Hbond substituents is 3. The molecule has 0 saturated carbocycles. The van der Waals surface area contributed by atoms with Crippen molar-refractivity contribution in [2.45, 2.75) is 18.2 Å². The molecule has 8 nitrogen and oxygen atoms in total. The van der Waals surface area contributed by atoms with E-state index in [1.165, 1.54) is 42.5 Å². The number of phenols is 3. The highest BCUT2D eigenvalue weighted by Gasteiger charge is 2.44. The molecule has 2 atom stereocenters. The minimum Gasteiger partial charge on any atom is -0.508 e. The molecule has 0 heterocycles. The maximum Gasteiger partial charge on any atom is 0.362 e. The number of carboxylic acids is 1. The molecule has 0 spiro atoms. The Balaban J connectivity index is 2.25. The summed E-state index contributed by atoms with van der Waals surface area (Å²) in [5.41, 5.74) is -2.56. The average molecular weight is 347 g/mol. The lowest BCUT2D eigenvalue weighted by molar-refractivity contribution is -0.170. The summed E-state index contributed by atoms with van der Waals surface area (Å²) >= 11 is 0. The number of hydrogen-bond donors (Lipinski definition) is 6. The molecule has 2 aromatic carbocycles. The van der Waals surface area contributed by atoms with Gasteiger partial charge in [-0.15, -0.1) is 0 Å². The van der Waals surface area contributed by atoms with Crippen LogP contribution < -0.4 is 0 Å². The molecule has 0 aliphatic rings. The number of aliphatic hydroxyl groups is 2. The van der Waals surface area contributed by atoms with Crippen molar-refractivity contribution in [3.8, 4) is 17.2 Å². The summed E-state index contributed by atoms with van der Waals surface area (Å²) in [5.74, 6) is -2.09. The van der Waals surface area contributed by atoms with Gasteiger partial charge in [0.1, 0.15) is 23.4 Å². The number of aliphatic carboxylic acids is 1. The minimum absolute atomic E-state index is 0.0417. The SMILES string of the molecule is O=C(O)[C@@](O)(N=CCc1cc(O)ccc1O)C(O)c1ccc(O)cc1. The monoisotopic (exact) mass is 347 g/mol. The number of rotatable bonds is 6. The fourth-order valence-electron chi connectivity index (χ4n) is 2.15. The zero-order valence-corrected chi connectivity index (χ0v) is 12.9. The predicted molar refractivity (Wildman–Crippen MR) is 87.6 cm³/mol. The van der Waals surface area contributed by atoms with Crippen LogP contribution in [0.1, 0.15) is 17.2 Å². The highest BCUT2D eigenvalue weighted by atomic mass is 16.4. The third-order valence-electron chi connectivity index (χ3n) is 3.57.